The highest BCUT2D eigenvalue weighted by atomic mass is 14.3. The summed E-state index contributed by atoms with van der Waals surface area (Å²) in [4.78, 5) is 0. The van der Waals surface area contributed by atoms with Crippen LogP contribution in [0.5, 0.6) is 0 Å². The number of rotatable bonds is 5. The molecule has 1 aromatic rings. The molecule has 0 fully saturated rings. The minimum absolute atomic E-state index is 1.13. The van der Waals surface area contributed by atoms with Crippen LogP contribution in [-0.4, -0.2) is 0 Å². The molecule has 0 N–H and O–H groups in total. The zero-order valence-electron chi connectivity index (χ0n) is 14.2. The van der Waals surface area contributed by atoms with Gasteiger partial charge in [-0.2, -0.15) is 0 Å². The van der Waals surface area contributed by atoms with Crippen LogP contribution in [0, 0.1) is 0 Å². The van der Waals surface area contributed by atoms with Gasteiger partial charge in [-0.1, -0.05) is 61.7 Å². The lowest BCUT2D eigenvalue weighted by molar-refractivity contribution is 0.784. The molecule has 0 saturated heterocycles. The number of unbranched alkanes of at least 4 members (excludes halogenated alkanes) is 1. The van der Waals surface area contributed by atoms with Crippen LogP contribution in [0.4, 0.5) is 0 Å². The largest absolute Gasteiger partial charge is 0.0683 e. The summed E-state index contributed by atoms with van der Waals surface area (Å²) >= 11 is 0. The van der Waals surface area contributed by atoms with E-state index in [1.54, 1.807) is 11.1 Å². The Bertz CT molecular complexity index is 590. The van der Waals surface area contributed by atoms with Gasteiger partial charge in [0.1, 0.15) is 0 Å². The van der Waals surface area contributed by atoms with Crippen molar-refractivity contribution in [1.29, 1.82) is 0 Å². The average Bonchev–Trinajstić information content (AvgIpc) is 2.46. The van der Waals surface area contributed by atoms with Gasteiger partial charge in [0.05, 0.1) is 0 Å². The summed E-state index contributed by atoms with van der Waals surface area (Å²) in [5.41, 5.74) is 10.5. The molecule has 0 unspecified atom stereocenters. The van der Waals surface area contributed by atoms with Gasteiger partial charge >= 0.3 is 0 Å². The first-order chi connectivity index (χ1) is 10.1. The molecule has 0 radical (unpaired) electrons. The van der Waals surface area contributed by atoms with Crippen molar-refractivity contribution in [1.82, 2.24) is 0 Å². The highest BCUT2D eigenvalue weighted by molar-refractivity contribution is 5.99. The van der Waals surface area contributed by atoms with Crippen molar-refractivity contribution in [3.63, 3.8) is 0 Å². The monoisotopic (exact) mass is 280 g/mol. The molecule has 1 aliphatic rings. The van der Waals surface area contributed by atoms with Gasteiger partial charge < -0.3 is 0 Å². The summed E-state index contributed by atoms with van der Waals surface area (Å²) in [5, 5.41) is 0. The second-order valence-electron chi connectivity index (χ2n) is 6.21. The maximum Gasteiger partial charge on any atom is -0.00676 e. The molecular formula is C21H28. The van der Waals surface area contributed by atoms with E-state index in [9.17, 15) is 0 Å². The normalized spacial score (nSPS) is 16.9. The maximum absolute atomic E-state index is 2.29. The van der Waals surface area contributed by atoms with Crippen LogP contribution in [0.1, 0.15) is 65.9 Å². The third kappa shape index (κ3) is 3.05. The molecule has 0 aliphatic heterocycles. The third-order valence-electron chi connectivity index (χ3n) is 4.40. The molecule has 0 spiro atoms. The number of hydrogen-bond donors (Lipinski definition) is 0. The van der Waals surface area contributed by atoms with Gasteiger partial charge in [-0.15, -0.1) is 0 Å². The minimum Gasteiger partial charge on any atom is -0.0683 e. The van der Waals surface area contributed by atoms with Crippen LogP contribution in [0.15, 0.2) is 58.2 Å². The van der Waals surface area contributed by atoms with Crippen molar-refractivity contribution in [3.05, 3.63) is 63.8 Å². The molecule has 0 saturated carbocycles. The number of allylic oxidation sites excluding steroid dienone is 6. The second-order valence-corrected chi connectivity index (χ2v) is 6.21. The van der Waals surface area contributed by atoms with Gasteiger partial charge in [0.15, 0.2) is 0 Å². The lowest BCUT2D eigenvalue weighted by atomic mass is 9.69. The molecule has 1 aromatic carbocycles. The second kappa shape index (κ2) is 6.93. The summed E-state index contributed by atoms with van der Waals surface area (Å²) in [6, 6.07) is 10.9. The standard InChI is InChI=1S/C21H28/c1-6-8-14-18-19(15(3)4)20(16(5)7-2)21(18)17-12-10-9-11-13-17/h9-13H,6-8,14H2,1-5H3/b20-16-. The van der Waals surface area contributed by atoms with Gasteiger partial charge in [0.2, 0.25) is 0 Å². The summed E-state index contributed by atoms with van der Waals surface area (Å²) in [6.07, 6.45) is 4.87. The Hall–Kier alpha value is -1.56. The van der Waals surface area contributed by atoms with Crippen LogP contribution in [0.2, 0.25) is 0 Å². The first kappa shape index (κ1) is 15.8. The Labute approximate surface area is 130 Å². The molecule has 0 atom stereocenters. The molecule has 0 heterocycles. The fourth-order valence-electron chi connectivity index (χ4n) is 3.17. The molecule has 112 valence electrons. The molecule has 2 rings (SSSR count). The summed E-state index contributed by atoms with van der Waals surface area (Å²) in [5.74, 6) is 0. The van der Waals surface area contributed by atoms with Crippen molar-refractivity contribution in [3.8, 4) is 0 Å². The van der Waals surface area contributed by atoms with Gasteiger partial charge in [-0.3, -0.25) is 0 Å². The smallest absolute Gasteiger partial charge is 0.00676 e. The van der Waals surface area contributed by atoms with E-state index in [-0.39, 0.29) is 0 Å². The Balaban J connectivity index is 2.62. The lowest BCUT2D eigenvalue weighted by Gasteiger charge is -2.35. The predicted molar refractivity (Wildman–Crippen MR) is 94.3 cm³/mol. The fraction of sp³-hybridized carbons (Fsp3) is 0.429. The van der Waals surface area contributed by atoms with Crippen LogP contribution < -0.4 is 0 Å². The van der Waals surface area contributed by atoms with E-state index in [1.165, 1.54) is 47.1 Å². The zero-order valence-corrected chi connectivity index (χ0v) is 14.2. The van der Waals surface area contributed by atoms with Gasteiger partial charge in [-0.25, -0.2) is 0 Å². The molecule has 21 heavy (non-hydrogen) atoms. The molecule has 0 aromatic heterocycles. The van der Waals surface area contributed by atoms with Crippen molar-refractivity contribution in [2.75, 3.05) is 0 Å². The van der Waals surface area contributed by atoms with Crippen molar-refractivity contribution in [2.45, 2.75) is 60.3 Å². The van der Waals surface area contributed by atoms with Crippen LogP contribution in [0.25, 0.3) is 5.57 Å². The lowest BCUT2D eigenvalue weighted by Crippen LogP contribution is -2.15. The fourth-order valence-corrected chi connectivity index (χ4v) is 3.17. The highest BCUT2D eigenvalue weighted by Crippen LogP contribution is 2.51. The Morgan fingerprint density at radius 1 is 0.905 bits per heavy atom. The van der Waals surface area contributed by atoms with E-state index in [2.05, 4.69) is 65.0 Å². The maximum atomic E-state index is 2.29. The van der Waals surface area contributed by atoms with Crippen molar-refractivity contribution >= 4 is 5.57 Å². The van der Waals surface area contributed by atoms with E-state index in [0.717, 1.165) is 6.42 Å². The number of hydrogen-bond acceptors (Lipinski definition) is 0. The molecule has 0 bridgehead atoms. The summed E-state index contributed by atoms with van der Waals surface area (Å²) in [7, 11) is 0. The predicted octanol–water partition coefficient (Wildman–Crippen LogP) is 6.71. The van der Waals surface area contributed by atoms with Crippen molar-refractivity contribution in [2.24, 2.45) is 0 Å². The summed E-state index contributed by atoms with van der Waals surface area (Å²) in [6.45, 7) is 11.3. The molecule has 1 aliphatic carbocycles. The van der Waals surface area contributed by atoms with Gasteiger partial charge in [0.25, 0.3) is 0 Å². The van der Waals surface area contributed by atoms with Crippen molar-refractivity contribution < 1.29 is 0 Å². The van der Waals surface area contributed by atoms with E-state index < -0.39 is 0 Å². The first-order valence-corrected chi connectivity index (χ1v) is 8.28. The van der Waals surface area contributed by atoms with Crippen LogP contribution in [-0.2, 0) is 0 Å². The Morgan fingerprint density at radius 3 is 2.10 bits per heavy atom. The minimum atomic E-state index is 1.13. The van der Waals surface area contributed by atoms with E-state index in [4.69, 9.17) is 0 Å². The van der Waals surface area contributed by atoms with Crippen LogP contribution in [0.3, 0.4) is 0 Å². The van der Waals surface area contributed by atoms with E-state index >= 15 is 0 Å². The third-order valence-corrected chi connectivity index (χ3v) is 4.40. The Kier molecular flexibility index (Phi) is 5.22. The van der Waals surface area contributed by atoms with Gasteiger partial charge in [0, 0.05) is 0 Å². The summed E-state index contributed by atoms with van der Waals surface area (Å²) < 4.78 is 0. The molecular weight excluding hydrogens is 252 g/mol. The molecule has 0 heteroatoms. The number of benzene rings is 1. The van der Waals surface area contributed by atoms with Crippen LogP contribution >= 0.6 is 0 Å². The topological polar surface area (TPSA) is 0 Å². The highest BCUT2D eigenvalue weighted by Gasteiger charge is 2.31. The SMILES string of the molecule is CCCCC1=C(c2ccccc2)/C(=C(/C)CC)C1=C(C)C. The average molecular weight is 280 g/mol. The Morgan fingerprint density at radius 2 is 1.57 bits per heavy atom. The van der Waals surface area contributed by atoms with E-state index in [0.29, 0.717) is 0 Å². The molecule has 0 nitrogen and oxygen atoms in total. The zero-order chi connectivity index (χ0) is 15.4. The quantitative estimate of drug-likeness (QED) is 0.562. The van der Waals surface area contributed by atoms with Gasteiger partial charge in [-0.05, 0) is 67.9 Å². The molecule has 0 amide bonds. The van der Waals surface area contributed by atoms with E-state index in [1.807, 2.05) is 0 Å². The first-order valence-electron chi connectivity index (χ1n) is 8.28.